The molecule has 0 aliphatic carbocycles. The van der Waals surface area contributed by atoms with E-state index in [0.717, 1.165) is 5.56 Å². The number of nitrogens with one attached hydrogen (secondary N) is 1. The van der Waals surface area contributed by atoms with E-state index in [0.29, 0.717) is 51.2 Å². The molecule has 0 aliphatic heterocycles. The minimum Gasteiger partial charge on any atom is -0.493 e. The highest BCUT2D eigenvalue weighted by Crippen LogP contribution is 2.36. The van der Waals surface area contributed by atoms with Crippen molar-refractivity contribution < 1.29 is 33.2 Å². The fourth-order valence-corrected chi connectivity index (χ4v) is 3.43. The molecule has 4 rings (SSSR count). The number of aromatic nitrogens is 2. The Balaban J connectivity index is 1.39. The molecule has 0 radical (unpaired) electrons. The Hall–Kier alpha value is -4.73. The maximum absolute atomic E-state index is 12.2. The van der Waals surface area contributed by atoms with E-state index in [4.69, 9.17) is 28.4 Å². The highest BCUT2D eigenvalue weighted by Gasteiger charge is 2.13. The predicted molar refractivity (Wildman–Crippen MR) is 133 cm³/mol. The largest absolute Gasteiger partial charge is 0.493 e. The van der Waals surface area contributed by atoms with Crippen molar-refractivity contribution in [2.75, 3.05) is 33.8 Å². The molecular weight excluding hydrogens is 466 g/mol. The van der Waals surface area contributed by atoms with Crippen LogP contribution in [0, 0.1) is 0 Å². The number of ether oxygens (including phenoxy) is 6. The van der Waals surface area contributed by atoms with Gasteiger partial charge in [-0.2, -0.15) is 0 Å². The van der Waals surface area contributed by atoms with Crippen LogP contribution < -0.4 is 29.0 Å². The SMILES string of the molecule is COc1ccc(COC(=O)Nc2ccc(Oc3ncnc4cc(OC)c(OC)cc34)cc2)cc1OC. The number of hydrogen-bond acceptors (Lipinski definition) is 9. The molecule has 0 aliphatic rings. The average Bonchev–Trinajstić information content (AvgIpc) is 2.92. The van der Waals surface area contributed by atoms with E-state index in [1.165, 1.54) is 6.33 Å². The van der Waals surface area contributed by atoms with Gasteiger partial charge in [-0.15, -0.1) is 0 Å². The lowest BCUT2D eigenvalue weighted by Crippen LogP contribution is -2.13. The number of methoxy groups -OCH3 is 4. The number of rotatable bonds is 9. The van der Waals surface area contributed by atoms with Gasteiger partial charge >= 0.3 is 6.09 Å². The first-order valence-electron chi connectivity index (χ1n) is 10.8. The van der Waals surface area contributed by atoms with Crippen molar-refractivity contribution in [3.8, 4) is 34.6 Å². The van der Waals surface area contributed by atoms with Gasteiger partial charge in [0, 0.05) is 11.8 Å². The highest BCUT2D eigenvalue weighted by molar-refractivity contribution is 5.87. The van der Waals surface area contributed by atoms with Crippen LogP contribution >= 0.6 is 0 Å². The van der Waals surface area contributed by atoms with Crippen LogP contribution in [0.3, 0.4) is 0 Å². The van der Waals surface area contributed by atoms with Gasteiger partial charge in [-0.05, 0) is 48.0 Å². The summed E-state index contributed by atoms with van der Waals surface area (Å²) < 4.78 is 32.4. The van der Waals surface area contributed by atoms with Crippen LogP contribution in [0.4, 0.5) is 10.5 Å². The molecule has 1 N–H and O–H groups in total. The first-order chi connectivity index (χ1) is 17.5. The fourth-order valence-electron chi connectivity index (χ4n) is 3.43. The number of fused-ring (bicyclic) bond motifs is 1. The van der Waals surface area contributed by atoms with Crippen molar-refractivity contribution >= 4 is 22.7 Å². The standard InChI is InChI=1S/C26H25N3O7/c1-31-21-10-5-16(11-22(21)32-2)14-35-26(30)29-17-6-8-18(9-7-17)36-25-19-12-23(33-3)24(34-4)13-20(19)27-15-28-25/h5-13,15H,14H2,1-4H3,(H,29,30). The number of anilines is 1. The first-order valence-corrected chi connectivity index (χ1v) is 10.8. The highest BCUT2D eigenvalue weighted by atomic mass is 16.5. The minimum atomic E-state index is -0.596. The molecule has 0 fully saturated rings. The molecule has 0 atom stereocenters. The summed E-state index contributed by atoms with van der Waals surface area (Å²) >= 11 is 0. The molecule has 0 saturated heterocycles. The lowest BCUT2D eigenvalue weighted by Gasteiger charge is -2.12. The lowest BCUT2D eigenvalue weighted by atomic mass is 10.2. The lowest BCUT2D eigenvalue weighted by molar-refractivity contribution is 0.155. The Bertz CT molecular complexity index is 1360. The molecule has 4 aromatic rings. The number of nitrogens with zero attached hydrogens (tertiary/aromatic N) is 2. The molecule has 186 valence electrons. The normalized spacial score (nSPS) is 10.4. The van der Waals surface area contributed by atoms with Gasteiger partial charge in [0.1, 0.15) is 18.7 Å². The van der Waals surface area contributed by atoms with Crippen molar-refractivity contribution in [2.24, 2.45) is 0 Å². The van der Waals surface area contributed by atoms with Crippen LogP contribution in [0.25, 0.3) is 10.9 Å². The second-order valence-electron chi connectivity index (χ2n) is 7.42. The molecule has 1 aromatic heterocycles. The second-order valence-corrected chi connectivity index (χ2v) is 7.42. The number of carbonyl (C=O) groups excluding carboxylic acids is 1. The quantitative estimate of drug-likeness (QED) is 0.337. The van der Waals surface area contributed by atoms with Gasteiger partial charge in [0.15, 0.2) is 23.0 Å². The Morgan fingerprint density at radius 2 is 1.44 bits per heavy atom. The van der Waals surface area contributed by atoms with Gasteiger partial charge in [0.05, 0.1) is 39.3 Å². The van der Waals surface area contributed by atoms with Gasteiger partial charge < -0.3 is 28.4 Å². The number of amides is 1. The molecule has 1 heterocycles. The van der Waals surface area contributed by atoms with Crippen LogP contribution in [0.15, 0.2) is 60.9 Å². The van der Waals surface area contributed by atoms with Gasteiger partial charge in [-0.3, -0.25) is 5.32 Å². The minimum absolute atomic E-state index is 0.0718. The maximum Gasteiger partial charge on any atom is 0.411 e. The first kappa shape index (κ1) is 24.4. The number of benzene rings is 3. The van der Waals surface area contributed by atoms with E-state index in [1.807, 2.05) is 0 Å². The summed E-state index contributed by atoms with van der Waals surface area (Å²) in [5, 5.41) is 3.35. The molecule has 3 aromatic carbocycles. The van der Waals surface area contributed by atoms with Gasteiger partial charge in [0.25, 0.3) is 0 Å². The van der Waals surface area contributed by atoms with E-state index in [1.54, 1.807) is 83.0 Å². The Morgan fingerprint density at radius 1 is 0.778 bits per heavy atom. The van der Waals surface area contributed by atoms with Crippen molar-refractivity contribution in [1.29, 1.82) is 0 Å². The monoisotopic (exact) mass is 491 g/mol. The zero-order valence-corrected chi connectivity index (χ0v) is 20.2. The maximum atomic E-state index is 12.2. The summed E-state index contributed by atoms with van der Waals surface area (Å²) in [4.78, 5) is 20.8. The average molecular weight is 492 g/mol. The molecule has 0 spiro atoms. The van der Waals surface area contributed by atoms with Gasteiger partial charge in [-0.1, -0.05) is 6.07 Å². The van der Waals surface area contributed by atoms with E-state index in [2.05, 4.69) is 15.3 Å². The van der Waals surface area contributed by atoms with Gasteiger partial charge in [0.2, 0.25) is 5.88 Å². The van der Waals surface area contributed by atoms with Crippen LogP contribution in [0.1, 0.15) is 5.56 Å². The summed E-state index contributed by atoms with van der Waals surface area (Å²) in [6.45, 7) is 0.0718. The van der Waals surface area contributed by atoms with Crippen LogP contribution in [-0.4, -0.2) is 44.5 Å². The smallest absolute Gasteiger partial charge is 0.411 e. The molecule has 36 heavy (non-hydrogen) atoms. The Kier molecular flexibility index (Phi) is 7.54. The zero-order valence-electron chi connectivity index (χ0n) is 20.2. The van der Waals surface area contributed by atoms with Crippen LogP contribution in [-0.2, 0) is 11.3 Å². The summed E-state index contributed by atoms with van der Waals surface area (Å²) in [5.74, 6) is 3.13. The Labute approximate surface area is 207 Å². The molecular formula is C26H25N3O7. The zero-order chi connectivity index (χ0) is 25.5. The van der Waals surface area contributed by atoms with Gasteiger partial charge in [-0.25, -0.2) is 14.8 Å². The third-order valence-electron chi connectivity index (χ3n) is 5.24. The summed E-state index contributed by atoms with van der Waals surface area (Å²) in [5.41, 5.74) is 1.95. The summed E-state index contributed by atoms with van der Waals surface area (Å²) in [6, 6.07) is 15.6. The number of hydrogen-bond donors (Lipinski definition) is 1. The summed E-state index contributed by atoms with van der Waals surface area (Å²) in [6.07, 6.45) is 0.815. The molecule has 0 bridgehead atoms. The van der Waals surface area contributed by atoms with E-state index in [-0.39, 0.29) is 6.61 Å². The van der Waals surface area contributed by atoms with E-state index in [9.17, 15) is 4.79 Å². The number of carbonyl (C=O) groups is 1. The molecule has 10 nitrogen and oxygen atoms in total. The predicted octanol–water partition coefficient (Wildman–Crippen LogP) is 5.21. The fraction of sp³-hybridized carbons (Fsp3) is 0.192. The molecule has 1 amide bonds. The van der Waals surface area contributed by atoms with Crippen molar-refractivity contribution in [3.05, 3.63) is 66.5 Å². The molecule has 10 heteroatoms. The van der Waals surface area contributed by atoms with Crippen molar-refractivity contribution in [2.45, 2.75) is 6.61 Å². The van der Waals surface area contributed by atoms with Crippen LogP contribution in [0.5, 0.6) is 34.6 Å². The second kappa shape index (κ2) is 11.1. The Morgan fingerprint density at radius 3 is 2.14 bits per heavy atom. The van der Waals surface area contributed by atoms with Crippen molar-refractivity contribution in [1.82, 2.24) is 9.97 Å². The van der Waals surface area contributed by atoms with E-state index >= 15 is 0 Å². The topological polar surface area (TPSA) is 110 Å². The van der Waals surface area contributed by atoms with E-state index < -0.39 is 6.09 Å². The molecule has 0 unspecified atom stereocenters. The third-order valence-corrected chi connectivity index (χ3v) is 5.24. The third kappa shape index (κ3) is 5.49. The van der Waals surface area contributed by atoms with Crippen LogP contribution in [0.2, 0.25) is 0 Å². The van der Waals surface area contributed by atoms with Crippen molar-refractivity contribution in [3.63, 3.8) is 0 Å². The summed E-state index contributed by atoms with van der Waals surface area (Å²) in [7, 11) is 6.22. The molecule has 0 saturated carbocycles.